The first kappa shape index (κ1) is 14.8. The van der Waals surface area contributed by atoms with Gasteiger partial charge in [-0.05, 0) is 38.3 Å². The Morgan fingerprint density at radius 2 is 1.68 bits per heavy atom. The van der Waals surface area contributed by atoms with E-state index in [4.69, 9.17) is 0 Å². The van der Waals surface area contributed by atoms with Gasteiger partial charge in [-0.3, -0.25) is 19.3 Å². The van der Waals surface area contributed by atoms with Crippen LogP contribution in [0.25, 0.3) is 0 Å². The van der Waals surface area contributed by atoms with Crippen LogP contribution in [0.2, 0.25) is 0 Å². The third-order valence-corrected chi connectivity index (χ3v) is 4.60. The van der Waals surface area contributed by atoms with Gasteiger partial charge in [-0.25, -0.2) is 0 Å². The SMILES string of the molecule is CCN(CC)C(=O)CC1CC1N1C(=O)c2ccccc2C1=O. The van der Waals surface area contributed by atoms with Crippen LogP contribution in [0.15, 0.2) is 24.3 Å². The highest BCUT2D eigenvalue weighted by Gasteiger charge is 2.51. The Labute approximate surface area is 129 Å². The van der Waals surface area contributed by atoms with E-state index < -0.39 is 0 Å². The molecule has 1 fully saturated rings. The zero-order valence-electron chi connectivity index (χ0n) is 12.9. The summed E-state index contributed by atoms with van der Waals surface area (Å²) in [6.07, 6.45) is 1.15. The van der Waals surface area contributed by atoms with Crippen LogP contribution in [0.4, 0.5) is 0 Å². The number of fused-ring (bicyclic) bond motifs is 1. The minimum absolute atomic E-state index is 0.106. The quantitative estimate of drug-likeness (QED) is 0.781. The van der Waals surface area contributed by atoms with Crippen LogP contribution < -0.4 is 0 Å². The normalized spacial score (nSPS) is 22.7. The zero-order valence-corrected chi connectivity index (χ0v) is 12.9. The topological polar surface area (TPSA) is 57.7 Å². The second kappa shape index (κ2) is 5.55. The van der Waals surface area contributed by atoms with Crippen molar-refractivity contribution < 1.29 is 14.4 Å². The van der Waals surface area contributed by atoms with Crippen LogP contribution in [-0.4, -0.2) is 46.7 Å². The molecule has 22 heavy (non-hydrogen) atoms. The van der Waals surface area contributed by atoms with Crippen LogP contribution in [0, 0.1) is 5.92 Å². The Morgan fingerprint density at radius 1 is 1.14 bits per heavy atom. The Bertz CT molecular complexity index is 602. The Hall–Kier alpha value is -2.17. The molecule has 2 unspecified atom stereocenters. The lowest BCUT2D eigenvalue weighted by Gasteiger charge is -2.19. The van der Waals surface area contributed by atoms with Gasteiger partial charge in [0.1, 0.15) is 0 Å². The standard InChI is InChI=1S/C17H20N2O3/c1-3-18(4-2)15(20)10-11-9-14(11)19-16(21)12-7-5-6-8-13(12)17(19)22/h5-8,11,14H,3-4,9-10H2,1-2H3. The van der Waals surface area contributed by atoms with Gasteiger partial charge in [0.25, 0.3) is 11.8 Å². The van der Waals surface area contributed by atoms with Crippen LogP contribution in [0.1, 0.15) is 47.4 Å². The summed E-state index contributed by atoms with van der Waals surface area (Å²) in [5.74, 6) is -0.226. The van der Waals surface area contributed by atoms with E-state index in [1.54, 1.807) is 29.2 Å². The van der Waals surface area contributed by atoms with Gasteiger partial charge in [-0.1, -0.05) is 12.1 Å². The molecule has 0 spiro atoms. The number of benzene rings is 1. The van der Waals surface area contributed by atoms with Crippen molar-refractivity contribution >= 4 is 17.7 Å². The number of hydrogen-bond acceptors (Lipinski definition) is 3. The summed E-state index contributed by atoms with van der Waals surface area (Å²) < 4.78 is 0. The van der Waals surface area contributed by atoms with Crippen molar-refractivity contribution in [2.45, 2.75) is 32.7 Å². The van der Waals surface area contributed by atoms with Crippen molar-refractivity contribution in [3.05, 3.63) is 35.4 Å². The van der Waals surface area contributed by atoms with Gasteiger partial charge in [0, 0.05) is 25.6 Å². The monoisotopic (exact) mass is 300 g/mol. The fourth-order valence-corrected chi connectivity index (χ4v) is 3.21. The third-order valence-electron chi connectivity index (χ3n) is 4.60. The van der Waals surface area contributed by atoms with Crippen LogP contribution in [-0.2, 0) is 4.79 Å². The van der Waals surface area contributed by atoms with Crippen molar-refractivity contribution in [2.75, 3.05) is 13.1 Å². The summed E-state index contributed by atoms with van der Waals surface area (Å²) >= 11 is 0. The van der Waals surface area contributed by atoms with Gasteiger partial charge in [0.2, 0.25) is 5.91 Å². The first-order chi connectivity index (χ1) is 10.6. The molecule has 5 heteroatoms. The summed E-state index contributed by atoms with van der Waals surface area (Å²) in [6, 6.07) is 6.79. The maximum absolute atomic E-state index is 12.4. The molecule has 116 valence electrons. The first-order valence-electron chi connectivity index (χ1n) is 7.83. The number of carbonyl (C=O) groups excluding carboxylic acids is 3. The molecule has 0 saturated heterocycles. The van der Waals surface area contributed by atoms with Crippen molar-refractivity contribution in [3.63, 3.8) is 0 Å². The Kier molecular flexibility index (Phi) is 3.72. The lowest BCUT2D eigenvalue weighted by Crippen LogP contribution is -2.35. The van der Waals surface area contributed by atoms with E-state index in [2.05, 4.69) is 0 Å². The number of hydrogen-bond donors (Lipinski definition) is 0. The number of nitrogens with zero attached hydrogens (tertiary/aromatic N) is 2. The lowest BCUT2D eigenvalue weighted by molar-refractivity contribution is -0.131. The highest BCUT2D eigenvalue weighted by atomic mass is 16.2. The number of carbonyl (C=O) groups is 3. The molecule has 5 nitrogen and oxygen atoms in total. The van der Waals surface area contributed by atoms with Gasteiger partial charge in [0.05, 0.1) is 11.1 Å². The van der Waals surface area contributed by atoms with Crippen molar-refractivity contribution in [1.29, 1.82) is 0 Å². The van der Waals surface area contributed by atoms with Gasteiger partial charge in [0.15, 0.2) is 0 Å². The molecule has 0 bridgehead atoms. The Morgan fingerprint density at radius 3 is 2.18 bits per heavy atom. The molecule has 1 heterocycles. The molecule has 1 aromatic carbocycles. The molecule has 0 aromatic heterocycles. The van der Waals surface area contributed by atoms with E-state index in [-0.39, 0.29) is 29.7 Å². The van der Waals surface area contributed by atoms with Gasteiger partial charge < -0.3 is 4.90 Å². The summed E-state index contributed by atoms with van der Waals surface area (Å²) in [5.41, 5.74) is 0.960. The molecule has 1 aliphatic carbocycles. The molecule has 1 aromatic rings. The first-order valence-corrected chi connectivity index (χ1v) is 7.83. The molecular weight excluding hydrogens is 280 g/mol. The highest BCUT2D eigenvalue weighted by molar-refractivity contribution is 6.21. The maximum Gasteiger partial charge on any atom is 0.261 e. The summed E-state index contributed by atoms with van der Waals surface area (Å²) in [6.45, 7) is 5.30. The fraction of sp³-hybridized carbons (Fsp3) is 0.471. The third kappa shape index (κ3) is 2.30. The summed E-state index contributed by atoms with van der Waals surface area (Å²) in [4.78, 5) is 40.0. The van der Waals surface area contributed by atoms with Crippen LogP contribution >= 0.6 is 0 Å². The van der Waals surface area contributed by atoms with Gasteiger partial charge in [-0.2, -0.15) is 0 Å². The number of amides is 3. The molecule has 0 radical (unpaired) electrons. The van der Waals surface area contributed by atoms with Crippen molar-refractivity contribution in [3.8, 4) is 0 Å². The smallest absolute Gasteiger partial charge is 0.261 e. The van der Waals surface area contributed by atoms with Crippen molar-refractivity contribution in [1.82, 2.24) is 9.80 Å². The van der Waals surface area contributed by atoms with E-state index in [0.29, 0.717) is 30.6 Å². The summed E-state index contributed by atoms with van der Waals surface area (Å²) in [7, 11) is 0. The molecular formula is C17H20N2O3. The minimum atomic E-state index is -0.219. The van der Waals surface area contributed by atoms with Crippen LogP contribution in [0.3, 0.4) is 0 Å². The van der Waals surface area contributed by atoms with E-state index in [1.807, 2.05) is 13.8 Å². The molecule has 3 amide bonds. The lowest BCUT2D eigenvalue weighted by atomic mass is 10.1. The second-order valence-electron chi connectivity index (χ2n) is 5.86. The minimum Gasteiger partial charge on any atom is -0.343 e. The zero-order chi connectivity index (χ0) is 15.9. The molecule has 3 rings (SSSR count). The van der Waals surface area contributed by atoms with E-state index in [0.717, 1.165) is 6.42 Å². The number of rotatable bonds is 5. The predicted octanol–water partition coefficient (Wildman–Crippen LogP) is 1.93. The van der Waals surface area contributed by atoms with Crippen molar-refractivity contribution in [2.24, 2.45) is 5.92 Å². The number of imide groups is 1. The van der Waals surface area contributed by atoms with Crippen LogP contribution in [0.5, 0.6) is 0 Å². The molecule has 1 aliphatic heterocycles. The second-order valence-corrected chi connectivity index (χ2v) is 5.86. The largest absolute Gasteiger partial charge is 0.343 e. The molecule has 1 saturated carbocycles. The molecule has 0 N–H and O–H groups in total. The van der Waals surface area contributed by atoms with Gasteiger partial charge >= 0.3 is 0 Å². The van der Waals surface area contributed by atoms with E-state index in [9.17, 15) is 14.4 Å². The average Bonchev–Trinajstić information content (AvgIpc) is 3.21. The Balaban J connectivity index is 1.68. The van der Waals surface area contributed by atoms with Gasteiger partial charge in [-0.15, -0.1) is 0 Å². The summed E-state index contributed by atoms with van der Waals surface area (Å²) in [5, 5.41) is 0. The maximum atomic E-state index is 12.4. The molecule has 2 atom stereocenters. The average molecular weight is 300 g/mol. The highest BCUT2D eigenvalue weighted by Crippen LogP contribution is 2.42. The van der Waals surface area contributed by atoms with E-state index >= 15 is 0 Å². The van der Waals surface area contributed by atoms with E-state index in [1.165, 1.54) is 4.90 Å². The molecule has 2 aliphatic rings. The fourth-order valence-electron chi connectivity index (χ4n) is 3.21. The predicted molar refractivity (Wildman–Crippen MR) is 81.4 cm³/mol.